The number of benzene rings is 8. The summed E-state index contributed by atoms with van der Waals surface area (Å²) in [4.78, 5) is 0. The summed E-state index contributed by atoms with van der Waals surface area (Å²) in [6, 6.07) is 57.6. The average Bonchev–Trinajstić information content (AvgIpc) is 3.16. The molecular formula is C47H48. The van der Waals surface area contributed by atoms with Crippen molar-refractivity contribution in [3.05, 3.63) is 158 Å². The fourth-order valence-corrected chi connectivity index (χ4v) is 6.40. The van der Waals surface area contributed by atoms with Gasteiger partial charge in [0, 0.05) is 0 Å². The van der Waals surface area contributed by atoms with Gasteiger partial charge < -0.3 is 0 Å². The van der Waals surface area contributed by atoms with Crippen molar-refractivity contribution in [2.24, 2.45) is 0 Å². The van der Waals surface area contributed by atoms with Gasteiger partial charge in [-0.2, -0.15) is 0 Å². The Morgan fingerprint density at radius 1 is 0.277 bits per heavy atom. The van der Waals surface area contributed by atoms with Crippen LogP contribution >= 0.6 is 0 Å². The summed E-state index contributed by atoms with van der Waals surface area (Å²) >= 11 is 0. The molecule has 0 heterocycles. The highest BCUT2D eigenvalue weighted by atomic mass is 14.2. The predicted octanol–water partition coefficient (Wildman–Crippen LogP) is 15.0. The zero-order valence-corrected chi connectivity index (χ0v) is 28.0. The second-order valence-corrected chi connectivity index (χ2v) is 10.5. The van der Waals surface area contributed by atoms with Crippen molar-refractivity contribution >= 4 is 43.1 Å². The Morgan fingerprint density at radius 2 is 0.702 bits per heavy atom. The normalized spacial score (nSPS) is 10.2. The van der Waals surface area contributed by atoms with E-state index in [1.54, 1.807) is 0 Å². The Bertz CT molecular complexity index is 2150. The van der Waals surface area contributed by atoms with Crippen molar-refractivity contribution in [1.29, 1.82) is 0 Å². The molecule has 8 aromatic carbocycles. The number of rotatable bonds is 3. The molecule has 8 rings (SSSR count). The van der Waals surface area contributed by atoms with Crippen LogP contribution in [0.2, 0.25) is 0 Å². The summed E-state index contributed by atoms with van der Waals surface area (Å²) < 4.78 is 0. The lowest BCUT2D eigenvalue weighted by Gasteiger charge is -2.19. The van der Waals surface area contributed by atoms with E-state index < -0.39 is 0 Å². The van der Waals surface area contributed by atoms with E-state index in [1.165, 1.54) is 76.5 Å². The molecule has 0 nitrogen and oxygen atoms in total. The van der Waals surface area contributed by atoms with Crippen LogP contribution in [-0.4, -0.2) is 0 Å². The van der Waals surface area contributed by atoms with Gasteiger partial charge in [-0.05, 0) is 88.6 Å². The smallest absolute Gasteiger partial charge is 0.00201 e. The van der Waals surface area contributed by atoms with Crippen molar-refractivity contribution in [2.45, 2.75) is 49.0 Å². The summed E-state index contributed by atoms with van der Waals surface area (Å²) in [5, 5.41) is 10.2. The van der Waals surface area contributed by atoms with Crippen molar-refractivity contribution < 1.29 is 0 Å². The van der Waals surface area contributed by atoms with Crippen LogP contribution < -0.4 is 0 Å². The van der Waals surface area contributed by atoms with Gasteiger partial charge in [-0.15, -0.1) is 0 Å². The van der Waals surface area contributed by atoms with E-state index in [1.807, 2.05) is 41.5 Å². The summed E-state index contributed by atoms with van der Waals surface area (Å²) in [5.74, 6) is 0. The van der Waals surface area contributed by atoms with Gasteiger partial charge in [0.25, 0.3) is 0 Å². The summed E-state index contributed by atoms with van der Waals surface area (Å²) in [7, 11) is 0. The molecular weight excluding hydrogens is 565 g/mol. The first-order valence-corrected chi connectivity index (χ1v) is 16.9. The lowest BCUT2D eigenvalue weighted by molar-refractivity contribution is 1.50. The molecule has 0 heteroatoms. The van der Waals surface area contributed by atoms with E-state index in [-0.39, 0.29) is 7.43 Å². The maximum absolute atomic E-state index is 2.36. The Kier molecular flexibility index (Phi) is 12.1. The topological polar surface area (TPSA) is 0 Å². The first-order chi connectivity index (χ1) is 22.8. The summed E-state index contributed by atoms with van der Waals surface area (Å²) in [6.07, 6.45) is 0. The molecule has 0 fully saturated rings. The third-order valence-corrected chi connectivity index (χ3v) is 8.22. The average molecular weight is 613 g/mol. The van der Waals surface area contributed by atoms with Crippen molar-refractivity contribution in [3.8, 4) is 33.4 Å². The van der Waals surface area contributed by atoms with Gasteiger partial charge in [0.2, 0.25) is 0 Å². The fourth-order valence-electron chi connectivity index (χ4n) is 6.40. The molecule has 0 aliphatic carbocycles. The third kappa shape index (κ3) is 6.69. The maximum Gasteiger partial charge on any atom is -0.00201 e. The van der Waals surface area contributed by atoms with Crippen LogP contribution in [0.25, 0.3) is 76.5 Å². The standard InChI is InChI=1S/C40H26.3C2H6.CH4/c1-2-13-29-25-31(24-23-27(29)11-1)30-15-9-16-32(26-30)39-35-18-5-7-20-37(35)40(38-21-8-6-19-36(38)39)34-22-10-14-28-12-3-4-17-33(28)34;3*1-2;/h1-26H;3*1-2H3;1H4. The van der Waals surface area contributed by atoms with Crippen LogP contribution in [-0.2, 0) is 0 Å². The molecule has 0 radical (unpaired) electrons. The van der Waals surface area contributed by atoms with E-state index in [4.69, 9.17) is 0 Å². The maximum atomic E-state index is 2.36. The molecule has 0 aromatic heterocycles. The van der Waals surface area contributed by atoms with E-state index in [2.05, 4.69) is 158 Å². The molecule has 0 atom stereocenters. The molecule has 0 N–H and O–H groups in total. The second-order valence-electron chi connectivity index (χ2n) is 10.5. The van der Waals surface area contributed by atoms with E-state index >= 15 is 0 Å². The second kappa shape index (κ2) is 16.4. The summed E-state index contributed by atoms with van der Waals surface area (Å²) in [5.41, 5.74) is 7.58. The highest BCUT2D eigenvalue weighted by molar-refractivity contribution is 6.23. The minimum atomic E-state index is 0. The zero-order valence-electron chi connectivity index (χ0n) is 28.0. The van der Waals surface area contributed by atoms with Crippen LogP contribution in [0.5, 0.6) is 0 Å². The first kappa shape index (κ1) is 34.7. The highest BCUT2D eigenvalue weighted by Crippen LogP contribution is 2.45. The zero-order chi connectivity index (χ0) is 32.5. The van der Waals surface area contributed by atoms with Crippen LogP contribution in [0.3, 0.4) is 0 Å². The fraction of sp³-hybridized carbons (Fsp3) is 0.149. The Balaban J connectivity index is 0.000000678. The predicted molar refractivity (Wildman–Crippen MR) is 214 cm³/mol. The van der Waals surface area contributed by atoms with Gasteiger partial charge in [0.15, 0.2) is 0 Å². The van der Waals surface area contributed by atoms with Crippen molar-refractivity contribution in [2.75, 3.05) is 0 Å². The SMILES string of the molecule is C.CC.CC.CC.c1cc(-c2ccc3ccccc3c2)cc(-c2c3ccccc3c(-c3cccc4ccccc34)c3ccccc23)c1. The highest BCUT2D eigenvalue weighted by Gasteiger charge is 2.18. The largest absolute Gasteiger partial charge is 0.0776 e. The first-order valence-electron chi connectivity index (χ1n) is 16.9. The van der Waals surface area contributed by atoms with Gasteiger partial charge in [-0.25, -0.2) is 0 Å². The summed E-state index contributed by atoms with van der Waals surface area (Å²) in [6.45, 7) is 12.0. The molecule has 0 amide bonds. The Labute approximate surface area is 282 Å². The van der Waals surface area contributed by atoms with Gasteiger partial charge in [0.05, 0.1) is 0 Å². The third-order valence-electron chi connectivity index (χ3n) is 8.22. The van der Waals surface area contributed by atoms with Gasteiger partial charge in [-0.3, -0.25) is 0 Å². The molecule has 0 aliphatic heterocycles. The van der Waals surface area contributed by atoms with E-state index in [0.717, 1.165) is 0 Å². The quantitative estimate of drug-likeness (QED) is 0.174. The van der Waals surface area contributed by atoms with E-state index in [0.29, 0.717) is 0 Å². The van der Waals surface area contributed by atoms with Crippen molar-refractivity contribution in [3.63, 3.8) is 0 Å². The molecule has 47 heavy (non-hydrogen) atoms. The monoisotopic (exact) mass is 612 g/mol. The minimum absolute atomic E-state index is 0. The number of fused-ring (bicyclic) bond motifs is 4. The van der Waals surface area contributed by atoms with Crippen LogP contribution in [0.1, 0.15) is 49.0 Å². The Hall–Kier alpha value is -5.20. The lowest BCUT2D eigenvalue weighted by Crippen LogP contribution is -1.92. The van der Waals surface area contributed by atoms with Gasteiger partial charge in [-0.1, -0.05) is 195 Å². The number of hydrogen-bond acceptors (Lipinski definition) is 0. The molecule has 236 valence electrons. The van der Waals surface area contributed by atoms with Crippen molar-refractivity contribution in [1.82, 2.24) is 0 Å². The molecule has 0 saturated carbocycles. The molecule has 0 unspecified atom stereocenters. The molecule has 0 bridgehead atoms. The Morgan fingerprint density at radius 3 is 1.32 bits per heavy atom. The van der Waals surface area contributed by atoms with Gasteiger partial charge in [0.1, 0.15) is 0 Å². The molecule has 8 aromatic rings. The lowest BCUT2D eigenvalue weighted by atomic mass is 9.84. The minimum Gasteiger partial charge on any atom is -0.0776 e. The van der Waals surface area contributed by atoms with E-state index in [9.17, 15) is 0 Å². The molecule has 0 spiro atoms. The van der Waals surface area contributed by atoms with Crippen LogP contribution in [0.4, 0.5) is 0 Å². The number of hydrogen-bond donors (Lipinski definition) is 0. The molecule has 0 saturated heterocycles. The van der Waals surface area contributed by atoms with Gasteiger partial charge >= 0.3 is 0 Å². The van der Waals surface area contributed by atoms with Crippen LogP contribution in [0, 0.1) is 0 Å². The van der Waals surface area contributed by atoms with Crippen LogP contribution in [0.15, 0.2) is 158 Å². The molecule has 0 aliphatic rings.